The highest BCUT2D eigenvalue weighted by Crippen LogP contribution is 2.47. The predicted octanol–water partition coefficient (Wildman–Crippen LogP) is 4.94. The van der Waals surface area contributed by atoms with E-state index in [2.05, 4.69) is 5.10 Å². The fourth-order valence-corrected chi connectivity index (χ4v) is 1.89. The standard InChI is InChI=1S/C13H7F9N2/c14-8(10(15)16)7-9(12(18,19)13(20,21)22)23-24(11(7)17)6-4-2-1-3-5-6/h1-5,8,10H. The van der Waals surface area contributed by atoms with E-state index in [4.69, 9.17) is 0 Å². The lowest BCUT2D eigenvalue weighted by Crippen LogP contribution is -2.35. The summed E-state index contributed by atoms with van der Waals surface area (Å²) in [5, 5.41) is 2.72. The number of hydrogen-bond acceptors (Lipinski definition) is 1. The summed E-state index contributed by atoms with van der Waals surface area (Å²) in [4.78, 5) is 0. The van der Waals surface area contributed by atoms with Gasteiger partial charge in [-0.3, -0.25) is 0 Å². The number of rotatable bonds is 4. The maximum atomic E-state index is 14.1. The first-order valence-electron chi connectivity index (χ1n) is 6.19. The Morgan fingerprint density at radius 1 is 0.917 bits per heavy atom. The van der Waals surface area contributed by atoms with Crippen LogP contribution in [-0.4, -0.2) is 22.4 Å². The van der Waals surface area contributed by atoms with Crippen LogP contribution in [0.15, 0.2) is 30.3 Å². The molecule has 0 N–H and O–H groups in total. The number of hydrogen-bond donors (Lipinski definition) is 0. The molecule has 0 aliphatic carbocycles. The molecule has 2 aromatic rings. The van der Waals surface area contributed by atoms with E-state index in [9.17, 15) is 39.5 Å². The molecule has 0 saturated heterocycles. The molecule has 0 amide bonds. The molecule has 1 aromatic heterocycles. The van der Waals surface area contributed by atoms with Gasteiger partial charge in [0, 0.05) is 0 Å². The number of para-hydroxylation sites is 1. The van der Waals surface area contributed by atoms with Gasteiger partial charge in [-0.15, -0.1) is 0 Å². The van der Waals surface area contributed by atoms with Crippen molar-refractivity contribution in [2.45, 2.75) is 24.7 Å². The molecule has 0 saturated carbocycles. The minimum Gasteiger partial charge on any atom is -0.236 e. The minimum atomic E-state index is -6.27. The highest BCUT2D eigenvalue weighted by Gasteiger charge is 2.62. The van der Waals surface area contributed by atoms with Gasteiger partial charge in [-0.05, 0) is 12.1 Å². The summed E-state index contributed by atoms with van der Waals surface area (Å²) in [6.45, 7) is 0. The summed E-state index contributed by atoms with van der Waals surface area (Å²) in [6, 6.07) is 6.06. The Morgan fingerprint density at radius 2 is 1.46 bits per heavy atom. The highest BCUT2D eigenvalue weighted by molar-refractivity contribution is 5.36. The van der Waals surface area contributed by atoms with Crippen molar-refractivity contribution in [1.82, 2.24) is 9.78 Å². The lowest BCUT2D eigenvalue weighted by atomic mass is 10.1. The first kappa shape index (κ1) is 18.1. The summed E-state index contributed by atoms with van der Waals surface area (Å²) in [7, 11) is 0. The molecule has 2 rings (SSSR count). The van der Waals surface area contributed by atoms with Gasteiger partial charge in [0.15, 0.2) is 11.9 Å². The zero-order valence-electron chi connectivity index (χ0n) is 11.3. The third-order valence-corrected chi connectivity index (χ3v) is 3.01. The van der Waals surface area contributed by atoms with Gasteiger partial charge in [-0.2, -0.15) is 31.4 Å². The SMILES string of the molecule is Fc1c(C(F)C(F)F)c(C(F)(F)C(F)(F)F)nn1-c1ccccc1. The Hall–Kier alpha value is -2.20. The number of nitrogens with zero attached hydrogens (tertiary/aromatic N) is 2. The third-order valence-electron chi connectivity index (χ3n) is 3.01. The monoisotopic (exact) mass is 362 g/mol. The number of halogens is 9. The fraction of sp³-hybridized carbons (Fsp3) is 0.308. The second-order valence-corrected chi connectivity index (χ2v) is 4.61. The molecule has 24 heavy (non-hydrogen) atoms. The van der Waals surface area contributed by atoms with Gasteiger partial charge in [0.05, 0.1) is 11.3 Å². The molecule has 1 heterocycles. The fourth-order valence-electron chi connectivity index (χ4n) is 1.89. The molecule has 0 spiro atoms. The van der Waals surface area contributed by atoms with Gasteiger partial charge < -0.3 is 0 Å². The minimum absolute atomic E-state index is 0.0841. The molecule has 1 unspecified atom stereocenters. The van der Waals surface area contributed by atoms with Crippen LogP contribution in [0.3, 0.4) is 0 Å². The van der Waals surface area contributed by atoms with E-state index in [1.807, 2.05) is 0 Å². The Labute approximate surface area is 128 Å². The average molecular weight is 362 g/mol. The smallest absolute Gasteiger partial charge is 0.236 e. The van der Waals surface area contributed by atoms with Gasteiger partial charge in [0.1, 0.15) is 0 Å². The lowest BCUT2D eigenvalue weighted by molar-refractivity contribution is -0.291. The van der Waals surface area contributed by atoms with Crippen molar-refractivity contribution in [2.75, 3.05) is 0 Å². The summed E-state index contributed by atoms with van der Waals surface area (Å²) >= 11 is 0. The molecule has 0 aliphatic rings. The van der Waals surface area contributed by atoms with Gasteiger partial charge in [0.2, 0.25) is 5.95 Å². The molecule has 132 valence electrons. The van der Waals surface area contributed by atoms with Crippen molar-refractivity contribution in [1.29, 1.82) is 0 Å². The van der Waals surface area contributed by atoms with Crippen molar-refractivity contribution in [3.8, 4) is 5.69 Å². The van der Waals surface area contributed by atoms with Gasteiger partial charge in [-0.25, -0.2) is 17.9 Å². The maximum absolute atomic E-state index is 14.1. The van der Waals surface area contributed by atoms with Crippen LogP contribution in [0.2, 0.25) is 0 Å². The van der Waals surface area contributed by atoms with Gasteiger partial charge >= 0.3 is 12.1 Å². The summed E-state index contributed by atoms with van der Waals surface area (Å²) in [6.07, 6.45) is -14.0. The van der Waals surface area contributed by atoms with Crippen LogP contribution in [0, 0.1) is 5.95 Å². The van der Waals surface area contributed by atoms with E-state index in [-0.39, 0.29) is 10.4 Å². The zero-order chi connectivity index (χ0) is 18.3. The Morgan fingerprint density at radius 3 is 1.92 bits per heavy atom. The van der Waals surface area contributed by atoms with Crippen LogP contribution in [0.4, 0.5) is 39.5 Å². The largest absolute Gasteiger partial charge is 0.459 e. The van der Waals surface area contributed by atoms with E-state index < -0.39 is 41.9 Å². The molecule has 0 bridgehead atoms. The van der Waals surface area contributed by atoms with E-state index >= 15 is 0 Å². The summed E-state index contributed by atoms with van der Waals surface area (Å²) in [5.41, 5.74) is -4.91. The molecule has 0 radical (unpaired) electrons. The maximum Gasteiger partial charge on any atom is 0.459 e. The van der Waals surface area contributed by atoms with Crippen molar-refractivity contribution >= 4 is 0 Å². The number of aromatic nitrogens is 2. The Balaban J connectivity index is 2.74. The van der Waals surface area contributed by atoms with Crippen LogP contribution in [0.1, 0.15) is 17.4 Å². The molecule has 0 fully saturated rings. The molecular weight excluding hydrogens is 355 g/mol. The summed E-state index contributed by atoms with van der Waals surface area (Å²) < 4.78 is 117. The van der Waals surface area contributed by atoms with Crippen molar-refractivity contribution in [2.24, 2.45) is 0 Å². The second kappa shape index (κ2) is 6.02. The van der Waals surface area contributed by atoms with E-state index in [1.165, 1.54) is 18.2 Å². The highest BCUT2D eigenvalue weighted by atomic mass is 19.4. The van der Waals surface area contributed by atoms with Crippen molar-refractivity contribution in [3.63, 3.8) is 0 Å². The third kappa shape index (κ3) is 2.94. The quantitative estimate of drug-likeness (QED) is 0.705. The number of benzene rings is 1. The van der Waals surface area contributed by atoms with Crippen LogP contribution in [-0.2, 0) is 5.92 Å². The molecular formula is C13H7F9N2. The topological polar surface area (TPSA) is 17.8 Å². The van der Waals surface area contributed by atoms with Crippen LogP contribution < -0.4 is 0 Å². The van der Waals surface area contributed by atoms with E-state index in [0.29, 0.717) is 0 Å². The van der Waals surface area contributed by atoms with E-state index in [1.54, 1.807) is 0 Å². The summed E-state index contributed by atoms with van der Waals surface area (Å²) in [5.74, 6) is -7.88. The Bertz CT molecular complexity index is 706. The normalized spacial score (nSPS) is 14.2. The van der Waals surface area contributed by atoms with Gasteiger partial charge in [0.25, 0.3) is 6.43 Å². The molecule has 0 aliphatic heterocycles. The Kier molecular flexibility index (Phi) is 4.55. The number of alkyl halides is 8. The molecule has 2 nitrogen and oxygen atoms in total. The van der Waals surface area contributed by atoms with Crippen LogP contribution in [0.5, 0.6) is 0 Å². The first-order valence-corrected chi connectivity index (χ1v) is 6.19. The average Bonchev–Trinajstić information content (AvgIpc) is 2.84. The van der Waals surface area contributed by atoms with Crippen LogP contribution in [0.25, 0.3) is 5.69 Å². The predicted molar refractivity (Wildman–Crippen MR) is 63.3 cm³/mol. The molecule has 1 atom stereocenters. The molecule has 1 aromatic carbocycles. The van der Waals surface area contributed by atoms with Crippen LogP contribution >= 0.6 is 0 Å². The van der Waals surface area contributed by atoms with E-state index in [0.717, 1.165) is 12.1 Å². The second-order valence-electron chi connectivity index (χ2n) is 4.61. The van der Waals surface area contributed by atoms with Gasteiger partial charge in [-0.1, -0.05) is 18.2 Å². The molecule has 11 heteroatoms. The lowest BCUT2D eigenvalue weighted by Gasteiger charge is -2.19. The zero-order valence-corrected chi connectivity index (χ0v) is 11.3. The van der Waals surface area contributed by atoms with Crippen molar-refractivity contribution < 1.29 is 39.5 Å². The van der Waals surface area contributed by atoms with Crippen molar-refractivity contribution in [3.05, 3.63) is 47.5 Å². The first-order chi connectivity index (χ1) is 11.0.